The van der Waals surface area contributed by atoms with Gasteiger partial charge in [-0.25, -0.2) is 9.37 Å². The first-order chi connectivity index (χ1) is 22.0. The summed E-state index contributed by atoms with van der Waals surface area (Å²) in [7, 11) is 4.02. The predicted molar refractivity (Wildman–Crippen MR) is 173 cm³/mol. The molecule has 0 unspecified atom stereocenters. The van der Waals surface area contributed by atoms with Crippen LogP contribution in [-0.4, -0.2) is 93.4 Å². The lowest BCUT2D eigenvalue weighted by Crippen LogP contribution is -2.25. The smallest absolute Gasteiger partial charge is 0.181 e. The maximum Gasteiger partial charge on any atom is 0.181 e. The van der Waals surface area contributed by atoms with E-state index < -0.39 is 0 Å². The SMILES string of the molecule is CN(C)CCOc1cncc(-c2cnc3n[nH]c(-c4cc5c(-c6cc(F)cc(OCCN7CCCC7)c6)cncc5[nH]4)c3c2)c1. The van der Waals surface area contributed by atoms with E-state index in [0.717, 1.165) is 70.5 Å². The lowest BCUT2D eigenvalue weighted by Gasteiger charge is -2.15. The number of rotatable bonds is 11. The molecule has 0 spiro atoms. The lowest BCUT2D eigenvalue weighted by molar-refractivity contribution is 0.237. The highest BCUT2D eigenvalue weighted by Crippen LogP contribution is 2.36. The summed E-state index contributed by atoms with van der Waals surface area (Å²) in [4.78, 5) is 21.3. The molecular weight excluding hydrogens is 571 g/mol. The molecular formula is C34H35FN8O2. The zero-order valence-corrected chi connectivity index (χ0v) is 25.4. The van der Waals surface area contributed by atoms with Crippen LogP contribution in [0.3, 0.4) is 0 Å². The number of H-pyrrole nitrogens is 2. The Morgan fingerprint density at radius 2 is 1.62 bits per heavy atom. The number of aromatic nitrogens is 6. The highest BCUT2D eigenvalue weighted by molar-refractivity contribution is 6.00. The summed E-state index contributed by atoms with van der Waals surface area (Å²) in [5.41, 5.74) is 6.32. The van der Waals surface area contributed by atoms with Gasteiger partial charge in [0.25, 0.3) is 0 Å². The molecule has 0 saturated carbocycles. The maximum absolute atomic E-state index is 14.8. The van der Waals surface area contributed by atoms with Crippen molar-refractivity contribution in [2.24, 2.45) is 0 Å². The van der Waals surface area contributed by atoms with Crippen molar-refractivity contribution in [1.29, 1.82) is 0 Å². The van der Waals surface area contributed by atoms with Gasteiger partial charge < -0.3 is 19.4 Å². The van der Waals surface area contributed by atoms with E-state index in [4.69, 9.17) is 9.47 Å². The van der Waals surface area contributed by atoms with Crippen molar-refractivity contribution < 1.29 is 13.9 Å². The van der Waals surface area contributed by atoms with Crippen molar-refractivity contribution in [1.82, 2.24) is 39.9 Å². The van der Waals surface area contributed by atoms with Gasteiger partial charge in [-0.05, 0) is 75.9 Å². The van der Waals surface area contributed by atoms with Crippen LogP contribution >= 0.6 is 0 Å². The first-order valence-corrected chi connectivity index (χ1v) is 15.2. The van der Waals surface area contributed by atoms with E-state index in [1.54, 1.807) is 31.0 Å². The average Bonchev–Trinajstić information content (AvgIpc) is 3.80. The molecule has 2 N–H and O–H groups in total. The van der Waals surface area contributed by atoms with E-state index in [-0.39, 0.29) is 5.82 Å². The molecule has 0 bridgehead atoms. The van der Waals surface area contributed by atoms with Crippen LogP contribution in [0, 0.1) is 5.82 Å². The highest BCUT2D eigenvalue weighted by Gasteiger charge is 2.17. The molecule has 6 heterocycles. The second-order valence-electron chi connectivity index (χ2n) is 11.7. The highest BCUT2D eigenvalue weighted by atomic mass is 19.1. The van der Waals surface area contributed by atoms with Gasteiger partial charge in [-0.1, -0.05) is 0 Å². The molecule has 1 aliphatic rings. The fourth-order valence-corrected chi connectivity index (χ4v) is 5.78. The Labute approximate surface area is 260 Å². The van der Waals surface area contributed by atoms with Crippen LogP contribution in [0.25, 0.3) is 55.6 Å². The summed E-state index contributed by atoms with van der Waals surface area (Å²) in [6.07, 6.45) is 11.3. The molecule has 7 rings (SSSR count). The summed E-state index contributed by atoms with van der Waals surface area (Å²) < 4.78 is 26.7. The van der Waals surface area contributed by atoms with Crippen molar-refractivity contribution in [3.63, 3.8) is 0 Å². The number of hydrogen-bond donors (Lipinski definition) is 2. The molecule has 0 amide bonds. The number of ether oxygens (including phenoxy) is 2. The minimum atomic E-state index is -0.351. The summed E-state index contributed by atoms with van der Waals surface area (Å²) in [5, 5.41) is 9.36. The van der Waals surface area contributed by atoms with Crippen LogP contribution in [0.1, 0.15) is 12.8 Å². The third kappa shape index (κ3) is 6.36. The van der Waals surface area contributed by atoms with Gasteiger partial charge >= 0.3 is 0 Å². The second-order valence-corrected chi connectivity index (χ2v) is 11.7. The van der Waals surface area contributed by atoms with Crippen molar-refractivity contribution in [2.75, 3.05) is 53.5 Å². The summed E-state index contributed by atoms with van der Waals surface area (Å²) in [6.45, 7) is 4.94. The molecule has 0 aliphatic carbocycles. The number of benzene rings is 1. The van der Waals surface area contributed by atoms with E-state index in [1.165, 1.54) is 25.0 Å². The molecule has 10 nitrogen and oxygen atoms in total. The zero-order chi connectivity index (χ0) is 30.8. The molecule has 1 fully saturated rings. The lowest BCUT2D eigenvalue weighted by atomic mass is 10.0. The molecule has 45 heavy (non-hydrogen) atoms. The van der Waals surface area contributed by atoms with E-state index in [0.29, 0.717) is 35.9 Å². The van der Waals surface area contributed by atoms with Crippen LogP contribution < -0.4 is 9.47 Å². The second kappa shape index (κ2) is 12.6. The van der Waals surface area contributed by atoms with Gasteiger partial charge in [-0.2, -0.15) is 5.10 Å². The van der Waals surface area contributed by atoms with Gasteiger partial charge in [0, 0.05) is 65.2 Å². The molecule has 6 aromatic rings. The van der Waals surface area contributed by atoms with Crippen molar-refractivity contribution in [3.8, 4) is 45.1 Å². The van der Waals surface area contributed by atoms with Crippen molar-refractivity contribution in [2.45, 2.75) is 12.8 Å². The minimum absolute atomic E-state index is 0.351. The fraction of sp³-hybridized carbons (Fsp3) is 0.294. The zero-order valence-electron chi connectivity index (χ0n) is 25.4. The van der Waals surface area contributed by atoms with Gasteiger partial charge in [0.2, 0.25) is 0 Å². The quantitative estimate of drug-likeness (QED) is 0.191. The molecule has 11 heteroatoms. The van der Waals surface area contributed by atoms with Crippen LogP contribution in [0.4, 0.5) is 4.39 Å². The van der Waals surface area contributed by atoms with Gasteiger partial charge in [0.1, 0.15) is 30.5 Å². The normalized spacial score (nSPS) is 13.8. The Balaban J connectivity index is 1.18. The number of aromatic amines is 2. The first kappa shape index (κ1) is 28.9. The summed E-state index contributed by atoms with van der Waals surface area (Å²) in [6, 6.07) is 10.9. The number of halogens is 1. The maximum atomic E-state index is 14.8. The Hall–Kier alpha value is -4.87. The Morgan fingerprint density at radius 1 is 0.822 bits per heavy atom. The molecule has 1 aromatic carbocycles. The number of hydrogen-bond acceptors (Lipinski definition) is 8. The van der Waals surface area contributed by atoms with E-state index >= 15 is 0 Å². The first-order valence-electron chi connectivity index (χ1n) is 15.2. The molecule has 5 aromatic heterocycles. The fourth-order valence-electron chi connectivity index (χ4n) is 5.78. The standard InChI is InChI=1S/C34H35FN8O2/c1-42(2)7-9-45-27-13-23(17-36-19-27)24-14-29-33(40-41-34(29)38-18-24)31-16-28-30(20-37-21-32(28)39-31)22-11-25(35)15-26(12-22)44-10-8-43-5-3-4-6-43/h11-21,39H,3-10H2,1-2H3,(H,38,40,41). The van der Waals surface area contributed by atoms with Crippen LogP contribution in [0.2, 0.25) is 0 Å². The third-order valence-corrected chi connectivity index (χ3v) is 8.14. The van der Waals surface area contributed by atoms with Crippen LogP contribution in [-0.2, 0) is 0 Å². The van der Waals surface area contributed by atoms with E-state index in [2.05, 4.69) is 39.9 Å². The van der Waals surface area contributed by atoms with Crippen molar-refractivity contribution in [3.05, 3.63) is 73.2 Å². The van der Waals surface area contributed by atoms with Crippen LogP contribution in [0.15, 0.2) is 67.4 Å². The molecule has 230 valence electrons. The van der Waals surface area contributed by atoms with E-state index in [9.17, 15) is 4.39 Å². The monoisotopic (exact) mass is 606 g/mol. The Morgan fingerprint density at radius 3 is 2.49 bits per heavy atom. The number of likely N-dealkylation sites (N-methyl/N-ethyl adjacent to an activating group) is 1. The summed E-state index contributed by atoms with van der Waals surface area (Å²) in [5.74, 6) is 0.864. The molecule has 1 saturated heterocycles. The number of likely N-dealkylation sites (tertiary alicyclic amines) is 1. The Kier molecular flexibility index (Phi) is 8.10. The topological polar surface area (TPSA) is 108 Å². The third-order valence-electron chi connectivity index (χ3n) is 8.14. The van der Waals surface area contributed by atoms with E-state index in [1.807, 2.05) is 38.4 Å². The number of fused-ring (bicyclic) bond motifs is 2. The number of nitrogens with one attached hydrogen (secondary N) is 2. The Bertz CT molecular complexity index is 1950. The van der Waals surface area contributed by atoms with Crippen molar-refractivity contribution >= 4 is 21.9 Å². The minimum Gasteiger partial charge on any atom is -0.492 e. The van der Waals surface area contributed by atoms with Gasteiger partial charge in [0.05, 0.1) is 29.3 Å². The largest absolute Gasteiger partial charge is 0.492 e. The number of pyridine rings is 3. The van der Waals surface area contributed by atoms with Gasteiger partial charge in [0.15, 0.2) is 5.65 Å². The summed E-state index contributed by atoms with van der Waals surface area (Å²) >= 11 is 0. The number of nitrogens with zero attached hydrogens (tertiary/aromatic N) is 6. The van der Waals surface area contributed by atoms with Gasteiger partial charge in [-0.15, -0.1) is 0 Å². The molecule has 0 radical (unpaired) electrons. The predicted octanol–water partition coefficient (Wildman–Crippen LogP) is 5.78. The molecule has 1 aliphatic heterocycles. The molecule has 0 atom stereocenters. The average molecular weight is 607 g/mol. The van der Waals surface area contributed by atoms with Crippen LogP contribution in [0.5, 0.6) is 11.5 Å². The van der Waals surface area contributed by atoms with Gasteiger partial charge in [-0.3, -0.25) is 20.0 Å².